The van der Waals surface area contributed by atoms with Gasteiger partial charge in [-0.3, -0.25) is 19.8 Å². The molecule has 116 valence electrons. The maximum atomic E-state index is 11.9. The van der Waals surface area contributed by atoms with E-state index in [9.17, 15) is 14.9 Å². The molecule has 1 rings (SSSR count). The van der Waals surface area contributed by atoms with Crippen molar-refractivity contribution in [3.63, 3.8) is 0 Å². The standard InChI is InChI=1S/C13H18ClN3O4/c1-2-5-16(6-7-18)9-13(19)15-11-4-3-10(14)8-12(11)17(20)21/h3-4,8,18H,2,5-7,9H2,1H3,(H,15,19). The highest BCUT2D eigenvalue weighted by Crippen LogP contribution is 2.27. The third kappa shape index (κ3) is 5.66. The maximum absolute atomic E-state index is 11.9. The second-order valence-corrected chi connectivity index (χ2v) is 4.90. The highest BCUT2D eigenvalue weighted by atomic mass is 35.5. The van der Waals surface area contributed by atoms with Crippen molar-refractivity contribution in [1.29, 1.82) is 0 Å². The number of halogens is 1. The van der Waals surface area contributed by atoms with Gasteiger partial charge in [0.1, 0.15) is 5.69 Å². The number of nitrogens with zero attached hydrogens (tertiary/aromatic N) is 2. The lowest BCUT2D eigenvalue weighted by Crippen LogP contribution is -2.35. The second kappa shape index (κ2) is 8.56. The number of amides is 1. The van der Waals surface area contributed by atoms with Gasteiger partial charge in [-0.1, -0.05) is 18.5 Å². The van der Waals surface area contributed by atoms with Crippen molar-refractivity contribution in [2.24, 2.45) is 0 Å². The molecule has 0 aliphatic carbocycles. The normalized spacial score (nSPS) is 10.7. The fourth-order valence-electron chi connectivity index (χ4n) is 1.88. The molecule has 0 saturated carbocycles. The van der Waals surface area contributed by atoms with Gasteiger partial charge in [-0.15, -0.1) is 0 Å². The van der Waals surface area contributed by atoms with Crippen LogP contribution in [0.5, 0.6) is 0 Å². The summed E-state index contributed by atoms with van der Waals surface area (Å²) in [7, 11) is 0. The van der Waals surface area contributed by atoms with Crippen LogP contribution >= 0.6 is 11.6 Å². The summed E-state index contributed by atoms with van der Waals surface area (Å²) < 4.78 is 0. The number of hydrogen-bond donors (Lipinski definition) is 2. The molecule has 1 aromatic carbocycles. The van der Waals surface area contributed by atoms with Crippen LogP contribution in [0.25, 0.3) is 0 Å². The Hall–Kier alpha value is -1.70. The monoisotopic (exact) mass is 315 g/mol. The molecule has 7 nitrogen and oxygen atoms in total. The fraction of sp³-hybridized carbons (Fsp3) is 0.462. The molecule has 0 radical (unpaired) electrons. The molecule has 8 heteroatoms. The van der Waals surface area contributed by atoms with Crippen LogP contribution in [0.1, 0.15) is 13.3 Å². The van der Waals surface area contributed by atoms with Gasteiger partial charge in [-0.2, -0.15) is 0 Å². The van der Waals surface area contributed by atoms with Crippen molar-refractivity contribution < 1.29 is 14.8 Å². The molecule has 0 atom stereocenters. The minimum absolute atomic E-state index is 0.0472. The summed E-state index contributed by atoms with van der Waals surface area (Å²) in [6.07, 6.45) is 0.842. The van der Waals surface area contributed by atoms with E-state index in [1.165, 1.54) is 18.2 Å². The van der Waals surface area contributed by atoms with Gasteiger partial charge in [0.15, 0.2) is 0 Å². The Balaban J connectivity index is 2.76. The molecule has 0 unspecified atom stereocenters. The predicted octanol–water partition coefficient (Wildman–Crippen LogP) is 1.89. The van der Waals surface area contributed by atoms with Crippen molar-refractivity contribution in [3.05, 3.63) is 33.3 Å². The third-order valence-electron chi connectivity index (χ3n) is 2.75. The Morgan fingerprint density at radius 2 is 2.19 bits per heavy atom. The van der Waals surface area contributed by atoms with E-state index >= 15 is 0 Å². The average molecular weight is 316 g/mol. The van der Waals surface area contributed by atoms with E-state index in [1.807, 2.05) is 6.92 Å². The third-order valence-corrected chi connectivity index (χ3v) is 2.99. The quantitative estimate of drug-likeness (QED) is 0.564. The Morgan fingerprint density at radius 3 is 2.76 bits per heavy atom. The number of nitrogens with one attached hydrogen (secondary N) is 1. The SMILES string of the molecule is CCCN(CCO)CC(=O)Nc1ccc(Cl)cc1[N+](=O)[O-]. The smallest absolute Gasteiger partial charge is 0.294 e. The minimum atomic E-state index is -0.598. The van der Waals surface area contributed by atoms with Crippen molar-refractivity contribution >= 4 is 28.9 Å². The molecule has 0 heterocycles. The van der Waals surface area contributed by atoms with Gasteiger partial charge in [-0.25, -0.2) is 0 Å². The summed E-state index contributed by atoms with van der Waals surface area (Å²) in [6.45, 7) is 3.02. The zero-order valence-electron chi connectivity index (χ0n) is 11.7. The maximum Gasteiger partial charge on any atom is 0.294 e. The number of nitro benzene ring substituents is 1. The lowest BCUT2D eigenvalue weighted by atomic mass is 10.2. The molecule has 1 amide bonds. The van der Waals surface area contributed by atoms with Crippen molar-refractivity contribution in [2.45, 2.75) is 13.3 Å². The van der Waals surface area contributed by atoms with E-state index in [0.29, 0.717) is 13.1 Å². The molecular formula is C13H18ClN3O4. The minimum Gasteiger partial charge on any atom is -0.395 e. The summed E-state index contributed by atoms with van der Waals surface area (Å²) >= 11 is 5.71. The van der Waals surface area contributed by atoms with E-state index in [1.54, 1.807) is 4.90 Å². The molecule has 0 bridgehead atoms. The molecule has 21 heavy (non-hydrogen) atoms. The number of aliphatic hydroxyl groups is 1. The first-order valence-electron chi connectivity index (χ1n) is 6.55. The first kappa shape index (κ1) is 17.4. The lowest BCUT2D eigenvalue weighted by molar-refractivity contribution is -0.383. The lowest BCUT2D eigenvalue weighted by Gasteiger charge is -2.19. The molecule has 0 aromatic heterocycles. The zero-order chi connectivity index (χ0) is 15.8. The van der Waals surface area contributed by atoms with Crippen LogP contribution in [-0.2, 0) is 4.79 Å². The molecule has 1 aromatic rings. The predicted molar refractivity (Wildman–Crippen MR) is 80.6 cm³/mol. The van der Waals surface area contributed by atoms with Crippen molar-refractivity contribution in [3.8, 4) is 0 Å². The summed E-state index contributed by atoms with van der Waals surface area (Å²) in [5.74, 6) is -0.373. The highest BCUT2D eigenvalue weighted by Gasteiger charge is 2.17. The largest absolute Gasteiger partial charge is 0.395 e. The van der Waals surface area contributed by atoms with Gasteiger partial charge in [0, 0.05) is 17.6 Å². The Bertz CT molecular complexity index is 504. The number of benzene rings is 1. The molecular weight excluding hydrogens is 298 g/mol. The van der Waals surface area contributed by atoms with E-state index in [0.717, 1.165) is 6.42 Å². The van der Waals surface area contributed by atoms with Crippen LogP contribution in [0.4, 0.5) is 11.4 Å². The van der Waals surface area contributed by atoms with Gasteiger partial charge in [0.2, 0.25) is 5.91 Å². The highest BCUT2D eigenvalue weighted by molar-refractivity contribution is 6.31. The first-order chi connectivity index (χ1) is 9.97. The van der Waals surface area contributed by atoms with Crippen LogP contribution in [0.2, 0.25) is 5.02 Å². The van der Waals surface area contributed by atoms with Crippen LogP contribution in [0.15, 0.2) is 18.2 Å². The number of nitro groups is 1. The van der Waals surface area contributed by atoms with Gasteiger partial charge < -0.3 is 10.4 Å². The molecule has 0 aliphatic heterocycles. The number of rotatable bonds is 8. The van der Waals surface area contributed by atoms with Crippen LogP contribution in [-0.4, -0.2) is 47.1 Å². The fourth-order valence-corrected chi connectivity index (χ4v) is 2.05. The average Bonchev–Trinajstić information content (AvgIpc) is 2.41. The summed E-state index contributed by atoms with van der Waals surface area (Å²) in [6, 6.07) is 4.06. The van der Waals surface area contributed by atoms with Crippen LogP contribution in [0, 0.1) is 10.1 Å². The topological polar surface area (TPSA) is 95.7 Å². The second-order valence-electron chi connectivity index (χ2n) is 4.47. The number of hydrogen-bond acceptors (Lipinski definition) is 5. The molecule has 0 aliphatic rings. The molecule has 2 N–H and O–H groups in total. The molecule has 0 spiro atoms. The molecule has 0 saturated heterocycles. The van der Waals surface area contributed by atoms with E-state index in [4.69, 9.17) is 16.7 Å². The molecule has 0 fully saturated rings. The van der Waals surface area contributed by atoms with Crippen LogP contribution < -0.4 is 5.32 Å². The van der Waals surface area contributed by atoms with Gasteiger partial charge in [0.25, 0.3) is 5.69 Å². The van der Waals surface area contributed by atoms with E-state index < -0.39 is 4.92 Å². The Morgan fingerprint density at radius 1 is 1.48 bits per heavy atom. The first-order valence-corrected chi connectivity index (χ1v) is 6.92. The zero-order valence-corrected chi connectivity index (χ0v) is 12.5. The van der Waals surface area contributed by atoms with E-state index in [2.05, 4.69) is 5.32 Å². The van der Waals surface area contributed by atoms with Crippen molar-refractivity contribution in [2.75, 3.05) is 31.6 Å². The number of aliphatic hydroxyl groups excluding tert-OH is 1. The van der Waals surface area contributed by atoms with Gasteiger partial charge >= 0.3 is 0 Å². The Labute approximate surface area is 127 Å². The summed E-state index contributed by atoms with van der Waals surface area (Å²) in [5, 5.41) is 22.6. The van der Waals surface area contributed by atoms with Crippen molar-refractivity contribution in [1.82, 2.24) is 4.90 Å². The van der Waals surface area contributed by atoms with Gasteiger partial charge in [-0.05, 0) is 25.1 Å². The number of anilines is 1. The van der Waals surface area contributed by atoms with Crippen LogP contribution in [0.3, 0.4) is 0 Å². The summed E-state index contributed by atoms with van der Waals surface area (Å²) in [5.41, 5.74) is -0.144. The summed E-state index contributed by atoms with van der Waals surface area (Å²) in [4.78, 5) is 24.1. The number of carbonyl (C=O) groups excluding carboxylic acids is 1. The van der Waals surface area contributed by atoms with E-state index in [-0.39, 0.29) is 35.5 Å². The van der Waals surface area contributed by atoms with Gasteiger partial charge in [0.05, 0.1) is 18.1 Å². The Kier molecular flexibility index (Phi) is 7.07. The number of carbonyl (C=O) groups is 1.